The summed E-state index contributed by atoms with van der Waals surface area (Å²) in [6, 6.07) is 4.63. The van der Waals surface area contributed by atoms with Gasteiger partial charge in [-0.1, -0.05) is 0 Å². The molecule has 0 aliphatic carbocycles. The first-order valence-electron chi connectivity index (χ1n) is 10.6. The molecule has 2 saturated heterocycles. The summed E-state index contributed by atoms with van der Waals surface area (Å²) in [4.78, 5) is 35.7. The number of aldehydes is 1. The molecule has 2 N–H and O–H groups in total. The Labute approximate surface area is 195 Å². The third-order valence-corrected chi connectivity index (χ3v) is 6.22. The number of nitrogens with two attached hydrogens (primary N) is 1. The summed E-state index contributed by atoms with van der Waals surface area (Å²) in [7, 11) is 1.36. The van der Waals surface area contributed by atoms with Crippen LogP contribution in [0.3, 0.4) is 0 Å². The summed E-state index contributed by atoms with van der Waals surface area (Å²) < 4.78 is 50.0. The molecule has 8 nitrogen and oxygen atoms in total. The van der Waals surface area contributed by atoms with Crippen molar-refractivity contribution in [1.29, 1.82) is 5.26 Å². The number of carbonyl (C=O) groups excluding carboxylic acids is 3. The van der Waals surface area contributed by atoms with Crippen molar-refractivity contribution < 1.29 is 37.0 Å². The molecule has 0 radical (unpaired) electrons. The number of rotatable bonds is 4. The highest BCUT2D eigenvalue weighted by atomic mass is 19.4. The Balaban J connectivity index is 0.000000509. The molecule has 1 aromatic rings. The number of hydrogen-bond donors (Lipinski definition) is 1. The van der Waals surface area contributed by atoms with Gasteiger partial charge in [-0.25, -0.2) is 4.79 Å². The van der Waals surface area contributed by atoms with Crippen LogP contribution >= 0.6 is 0 Å². The van der Waals surface area contributed by atoms with Crippen molar-refractivity contribution in [2.75, 3.05) is 11.9 Å². The fraction of sp³-hybridized carbons (Fsp3) is 0.565. The second-order valence-corrected chi connectivity index (χ2v) is 9.09. The van der Waals surface area contributed by atoms with E-state index >= 15 is 0 Å². The molecule has 2 unspecified atom stereocenters. The van der Waals surface area contributed by atoms with Gasteiger partial charge in [0.1, 0.15) is 6.29 Å². The maximum absolute atomic E-state index is 13.2. The van der Waals surface area contributed by atoms with Crippen molar-refractivity contribution >= 4 is 24.0 Å². The fourth-order valence-electron chi connectivity index (χ4n) is 4.60. The Hall–Kier alpha value is -3.13. The molecule has 0 spiro atoms. The zero-order valence-corrected chi connectivity index (χ0v) is 19.6. The number of ether oxygens (including phenoxy) is 2. The van der Waals surface area contributed by atoms with Crippen LogP contribution in [-0.4, -0.2) is 42.6 Å². The summed E-state index contributed by atoms with van der Waals surface area (Å²) in [5, 5.41) is 8.91. The van der Waals surface area contributed by atoms with Gasteiger partial charge in [0.05, 0.1) is 46.3 Å². The largest absolute Gasteiger partial charge is 0.447 e. The van der Waals surface area contributed by atoms with E-state index in [4.69, 9.17) is 10.00 Å². The molecule has 2 aliphatic heterocycles. The third kappa shape index (κ3) is 5.33. The molecule has 0 saturated carbocycles. The number of alkyl halides is 3. The van der Waals surface area contributed by atoms with E-state index < -0.39 is 52.3 Å². The molecular formula is C23H28F3N3O5. The standard InChI is InChI=1S/C19H19F3N2O3.C4H9NO2/c1-17-6-7-18(2,27-17)15(14(17)10-25)16(26)24(3)12-5-4-11(9-23)13(8-12)19(20,21)22;1-3(2)7-4(5)6/h4-5,8,10,14-15H,6-7H2,1-3H3;3H,1-2H3,(H2,5,6)/t14?,15?,17-,18+;/m1./s1. The van der Waals surface area contributed by atoms with Crippen molar-refractivity contribution in [3.05, 3.63) is 29.3 Å². The molecular weight excluding hydrogens is 455 g/mol. The Morgan fingerprint density at radius 1 is 1.29 bits per heavy atom. The zero-order chi connectivity index (χ0) is 26.1. The van der Waals surface area contributed by atoms with E-state index in [0.29, 0.717) is 19.1 Å². The van der Waals surface area contributed by atoms with E-state index in [9.17, 15) is 27.6 Å². The van der Waals surface area contributed by atoms with Gasteiger partial charge in [0, 0.05) is 12.7 Å². The Bertz CT molecular complexity index is 1010. The highest BCUT2D eigenvalue weighted by Gasteiger charge is 2.65. The number of hydrogen-bond acceptors (Lipinski definition) is 6. The number of amides is 2. The SMILES string of the molecule is CC(C)OC(N)=O.CN(C(=O)C1C(C=O)[C@@]2(C)CC[C@]1(C)O2)c1ccc(C#N)c(C(F)(F)F)c1. The number of anilines is 1. The monoisotopic (exact) mass is 483 g/mol. The summed E-state index contributed by atoms with van der Waals surface area (Å²) in [5.41, 5.74) is 1.46. The van der Waals surface area contributed by atoms with Crippen LogP contribution in [0, 0.1) is 23.2 Å². The van der Waals surface area contributed by atoms with Crippen LogP contribution < -0.4 is 10.6 Å². The molecule has 2 amide bonds. The quantitative estimate of drug-likeness (QED) is 0.650. The van der Waals surface area contributed by atoms with Crippen LogP contribution in [0.2, 0.25) is 0 Å². The minimum Gasteiger partial charge on any atom is -0.447 e. The minimum atomic E-state index is -4.72. The first-order chi connectivity index (χ1) is 15.6. The van der Waals surface area contributed by atoms with E-state index in [0.717, 1.165) is 17.0 Å². The van der Waals surface area contributed by atoms with Gasteiger partial charge in [0.2, 0.25) is 5.91 Å². The second-order valence-electron chi connectivity index (χ2n) is 9.09. The van der Waals surface area contributed by atoms with Crippen molar-refractivity contribution in [2.24, 2.45) is 17.6 Å². The molecule has 34 heavy (non-hydrogen) atoms. The maximum atomic E-state index is 13.2. The number of benzene rings is 1. The van der Waals surface area contributed by atoms with Gasteiger partial charge in [-0.15, -0.1) is 0 Å². The molecule has 0 aromatic heterocycles. The van der Waals surface area contributed by atoms with E-state index in [-0.39, 0.29) is 11.8 Å². The van der Waals surface area contributed by atoms with Gasteiger partial charge >= 0.3 is 12.3 Å². The summed E-state index contributed by atoms with van der Waals surface area (Å²) >= 11 is 0. The average molecular weight is 483 g/mol. The van der Waals surface area contributed by atoms with Crippen molar-refractivity contribution in [1.82, 2.24) is 0 Å². The number of fused-ring (bicyclic) bond motifs is 2. The lowest BCUT2D eigenvalue weighted by molar-refractivity contribution is -0.138. The molecule has 4 atom stereocenters. The second kappa shape index (κ2) is 9.62. The third-order valence-electron chi connectivity index (χ3n) is 6.22. The van der Waals surface area contributed by atoms with Gasteiger partial charge < -0.3 is 24.9 Å². The van der Waals surface area contributed by atoms with Gasteiger partial charge in [-0.3, -0.25) is 4.79 Å². The number of nitriles is 1. The predicted octanol–water partition coefficient (Wildman–Crippen LogP) is 3.80. The lowest BCUT2D eigenvalue weighted by Gasteiger charge is -2.35. The van der Waals surface area contributed by atoms with E-state index in [2.05, 4.69) is 10.5 Å². The average Bonchev–Trinajstić information content (AvgIpc) is 3.16. The van der Waals surface area contributed by atoms with Crippen LogP contribution in [0.25, 0.3) is 0 Å². The van der Waals surface area contributed by atoms with Crippen molar-refractivity contribution in [2.45, 2.75) is 64.0 Å². The van der Waals surface area contributed by atoms with Gasteiger partial charge in [0.25, 0.3) is 0 Å². The minimum absolute atomic E-state index is 0.00694. The van der Waals surface area contributed by atoms with E-state index in [1.807, 2.05) is 0 Å². The first-order valence-corrected chi connectivity index (χ1v) is 10.6. The first kappa shape index (κ1) is 27.1. The molecule has 2 heterocycles. The molecule has 2 fully saturated rings. The number of carbonyl (C=O) groups is 3. The molecule has 1 aromatic carbocycles. The van der Waals surface area contributed by atoms with Crippen LogP contribution in [0.4, 0.5) is 23.7 Å². The lowest BCUT2D eigenvalue weighted by Crippen LogP contribution is -2.49. The number of nitrogens with zero attached hydrogens (tertiary/aromatic N) is 2. The van der Waals surface area contributed by atoms with E-state index in [1.54, 1.807) is 27.7 Å². The van der Waals surface area contributed by atoms with Crippen LogP contribution in [0.15, 0.2) is 18.2 Å². The predicted molar refractivity (Wildman–Crippen MR) is 116 cm³/mol. The smallest absolute Gasteiger partial charge is 0.417 e. The molecule has 2 aliphatic rings. The van der Waals surface area contributed by atoms with Crippen LogP contribution in [-0.2, 0) is 25.2 Å². The molecule has 2 bridgehead atoms. The zero-order valence-electron chi connectivity index (χ0n) is 19.6. The topological polar surface area (TPSA) is 123 Å². The van der Waals surface area contributed by atoms with Gasteiger partial charge in [-0.05, 0) is 58.7 Å². The molecule has 3 rings (SSSR count). The number of halogens is 3. The van der Waals surface area contributed by atoms with Crippen molar-refractivity contribution in [3.63, 3.8) is 0 Å². The van der Waals surface area contributed by atoms with Gasteiger partial charge in [-0.2, -0.15) is 18.4 Å². The summed E-state index contributed by atoms with van der Waals surface area (Å²) in [6.45, 7) is 7.03. The van der Waals surface area contributed by atoms with E-state index in [1.165, 1.54) is 19.2 Å². The van der Waals surface area contributed by atoms with Crippen LogP contribution in [0.1, 0.15) is 51.7 Å². The molecule has 11 heteroatoms. The van der Waals surface area contributed by atoms with Gasteiger partial charge in [0.15, 0.2) is 0 Å². The highest BCUT2D eigenvalue weighted by molar-refractivity contribution is 5.97. The normalized spacial score (nSPS) is 27.4. The Morgan fingerprint density at radius 3 is 2.32 bits per heavy atom. The maximum Gasteiger partial charge on any atom is 0.417 e. The summed E-state index contributed by atoms with van der Waals surface area (Å²) in [5.74, 6) is -1.91. The van der Waals surface area contributed by atoms with Crippen molar-refractivity contribution in [3.8, 4) is 6.07 Å². The van der Waals surface area contributed by atoms with Crippen LogP contribution in [0.5, 0.6) is 0 Å². The number of primary amides is 1. The highest BCUT2D eigenvalue weighted by Crippen LogP contribution is 2.57. The Kier molecular flexibility index (Phi) is 7.67. The molecule has 186 valence electrons. The summed E-state index contributed by atoms with van der Waals surface area (Å²) in [6.07, 6.45) is -3.58. The Morgan fingerprint density at radius 2 is 1.88 bits per heavy atom. The lowest BCUT2D eigenvalue weighted by atomic mass is 9.67. The fourth-order valence-corrected chi connectivity index (χ4v) is 4.60.